The van der Waals surface area contributed by atoms with Crippen molar-refractivity contribution in [1.82, 2.24) is 4.98 Å². The Balaban J connectivity index is 1.28. The van der Waals surface area contributed by atoms with Crippen molar-refractivity contribution in [3.63, 3.8) is 0 Å². The monoisotopic (exact) mass is 454 g/mol. The van der Waals surface area contributed by atoms with Gasteiger partial charge < -0.3 is 14.8 Å². The van der Waals surface area contributed by atoms with Gasteiger partial charge in [-0.1, -0.05) is 55.3 Å². The maximum absolute atomic E-state index is 13.0. The smallest absolute Gasteiger partial charge is 0.307 e. The molecule has 2 N–H and O–H groups in total. The number of carboxylic acids is 1. The molecule has 1 heterocycles. The van der Waals surface area contributed by atoms with Crippen LogP contribution in [0.25, 0.3) is 22.2 Å². The van der Waals surface area contributed by atoms with Gasteiger partial charge in [0.25, 0.3) is 6.01 Å². The number of carbonyl (C=O) groups is 2. The number of rotatable bonds is 6. The quantitative estimate of drug-likeness (QED) is 0.318. The minimum absolute atomic E-state index is 0.0632. The lowest BCUT2D eigenvalue weighted by Crippen LogP contribution is -2.32. The molecule has 0 bridgehead atoms. The van der Waals surface area contributed by atoms with Gasteiger partial charge in [0.1, 0.15) is 5.52 Å². The fourth-order valence-electron chi connectivity index (χ4n) is 4.74. The number of Topliss-reactive ketones (excluding diaryl/α,β-unsaturated/α-hetero) is 1. The number of hydrogen-bond acceptors (Lipinski definition) is 5. The molecule has 1 aliphatic carbocycles. The second kappa shape index (κ2) is 9.14. The molecule has 2 atom stereocenters. The van der Waals surface area contributed by atoms with E-state index in [-0.39, 0.29) is 5.78 Å². The molecular weight excluding hydrogens is 428 g/mol. The van der Waals surface area contributed by atoms with Crippen LogP contribution in [0, 0.1) is 18.8 Å². The highest BCUT2D eigenvalue weighted by atomic mass is 16.4. The molecule has 4 aromatic rings. The zero-order valence-electron chi connectivity index (χ0n) is 19.0. The largest absolute Gasteiger partial charge is 0.481 e. The van der Waals surface area contributed by atoms with Gasteiger partial charge in [-0.15, -0.1) is 0 Å². The summed E-state index contributed by atoms with van der Waals surface area (Å²) in [6, 6.07) is 21.7. The normalized spacial score (nSPS) is 18.0. The van der Waals surface area contributed by atoms with Crippen LogP contribution in [0.5, 0.6) is 0 Å². The minimum Gasteiger partial charge on any atom is -0.481 e. The number of aliphatic carboxylic acids is 1. The van der Waals surface area contributed by atoms with Gasteiger partial charge in [0.05, 0.1) is 5.92 Å². The van der Waals surface area contributed by atoms with Crippen molar-refractivity contribution in [3.8, 4) is 11.1 Å². The van der Waals surface area contributed by atoms with Crippen molar-refractivity contribution in [1.29, 1.82) is 0 Å². The Morgan fingerprint density at radius 1 is 0.912 bits per heavy atom. The second-order valence-electron chi connectivity index (χ2n) is 8.97. The minimum atomic E-state index is -0.865. The first-order chi connectivity index (χ1) is 16.5. The van der Waals surface area contributed by atoms with E-state index in [1.165, 1.54) is 0 Å². The lowest BCUT2D eigenvalue weighted by Gasteiger charge is -2.27. The molecule has 1 aromatic heterocycles. The maximum atomic E-state index is 13.0. The average molecular weight is 455 g/mol. The molecule has 34 heavy (non-hydrogen) atoms. The van der Waals surface area contributed by atoms with Gasteiger partial charge >= 0.3 is 5.97 Å². The molecule has 5 rings (SSSR count). The summed E-state index contributed by atoms with van der Waals surface area (Å²) in [4.78, 5) is 29.0. The predicted molar refractivity (Wildman–Crippen MR) is 131 cm³/mol. The van der Waals surface area contributed by atoms with Crippen LogP contribution in [-0.2, 0) is 4.79 Å². The number of benzene rings is 3. The number of oxazole rings is 1. The SMILES string of the molecule is Cc1ccc2nc(Nc3ccc(-c4ccc(C(=O)[C@@H]5CCCC[C@H]5C(=O)O)cc4)cc3)oc2c1. The summed E-state index contributed by atoms with van der Waals surface area (Å²) in [6.45, 7) is 2.01. The second-order valence-corrected chi connectivity index (χ2v) is 8.97. The molecule has 0 aliphatic heterocycles. The predicted octanol–water partition coefficient (Wildman–Crippen LogP) is 6.62. The highest BCUT2D eigenvalue weighted by Crippen LogP contribution is 2.33. The van der Waals surface area contributed by atoms with Crippen LogP contribution in [-0.4, -0.2) is 21.8 Å². The third-order valence-electron chi connectivity index (χ3n) is 6.60. The summed E-state index contributed by atoms with van der Waals surface area (Å²) in [6.07, 6.45) is 3.00. The molecule has 0 saturated heterocycles. The van der Waals surface area contributed by atoms with E-state index in [2.05, 4.69) is 10.3 Å². The molecule has 6 heteroatoms. The highest BCUT2D eigenvalue weighted by molar-refractivity contribution is 6.00. The Bertz CT molecular complexity index is 1340. The molecule has 0 spiro atoms. The molecule has 0 radical (unpaired) electrons. The zero-order chi connectivity index (χ0) is 23.7. The van der Waals surface area contributed by atoms with E-state index < -0.39 is 17.8 Å². The van der Waals surface area contributed by atoms with Crippen molar-refractivity contribution in [2.24, 2.45) is 11.8 Å². The van der Waals surface area contributed by atoms with Gasteiger partial charge in [0.2, 0.25) is 0 Å². The van der Waals surface area contributed by atoms with E-state index in [9.17, 15) is 14.7 Å². The Labute approximate surface area is 197 Å². The van der Waals surface area contributed by atoms with Gasteiger partial charge in [-0.25, -0.2) is 0 Å². The number of nitrogens with one attached hydrogen (secondary N) is 1. The third-order valence-corrected chi connectivity index (χ3v) is 6.60. The Hall–Kier alpha value is -3.93. The van der Waals surface area contributed by atoms with E-state index >= 15 is 0 Å². The number of carboxylic acid groups (broad SMARTS) is 1. The fourth-order valence-corrected chi connectivity index (χ4v) is 4.74. The first kappa shape index (κ1) is 21.9. The van der Waals surface area contributed by atoms with Crippen molar-refractivity contribution in [3.05, 3.63) is 77.9 Å². The zero-order valence-corrected chi connectivity index (χ0v) is 19.0. The summed E-state index contributed by atoms with van der Waals surface area (Å²) < 4.78 is 5.78. The topological polar surface area (TPSA) is 92.4 Å². The number of hydrogen-bond donors (Lipinski definition) is 2. The van der Waals surface area contributed by atoms with Crippen LogP contribution in [0.3, 0.4) is 0 Å². The molecule has 1 aliphatic rings. The molecule has 1 fully saturated rings. The van der Waals surface area contributed by atoms with Crippen LogP contribution in [0.4, 0.5) is 11.7 Å². The van der Waals surface area contributed by atoms with E-state index in [0.29, 0.717) is 24.4 Å². The van der Waals surface area contributed by atoms with E-state index in [1.54, 1.807) is 12.1 Å². The van der Waals surface area contributed by atoms with Crippen LogP contribution in [0.15, 0.2) is 71.1 Å². The maximum Gasteiger partial charge on any atom is 0.307 e. The summed E-state index contributed by atoms with van der Waals surface area (Å²) in [7, 11) is 0. The van der Waals surface area contributed by atoms with Crippen molar-refractivity contribution in [2.75, 3.05) is 5.32 Å². The molecule has 0 unspecified atom stereocenters. The number of nitrogens with zero attached hydrogens (tertiary/aromatic N) is 1. The lowest BCUT2D eigenvalue weighted by molar-refractivity contribution is -0.144. The van der Waals surface area contributed by atoms with Gasteiger partial charge in [0, 0.05) is 17.2 Å². The van der Waals surface area contributed by atoms with E-state index in [4.69, 9.17) is 4.42 Å². The highest BCUT2D eigenvalue weighted by Gasteiger charge is 2.35. The van der Waals surface area contributed by atoms with E-state index in [1.807, 2.05) is 61.5 Å². The van der Waals surface area contributed by atoms with Crippen molar-refractivity contribution in [2.45, 2.75) is 32.6 Å². The first-order valence-corrected chi connectivity index (χ1v) is 11.6. The summed E-state index contributed by atoms with van der Waals surface area (Å²) in [5.74, 6) is -1.94. The average Bonchev–Trinajstić information content (AvgIpc) is 3.25. The number of anilines is 2. The fraction of sp³-hybridized carbons (Fsp3) is 0.250. The Morgan fingerprint density at radius 3 is 2.24 bits per heavy atom. The van der Waals surface area contributed by atoms with E-state index in [0.717, 1.165) is 46.3 Å². The van der Waals surface area contributed by atoms with Gasteiger partial charge in [-0.2, -0.15) is 4.98 Å². The molecule has 1 saturated carbocycles. The molecule has 3 aromatic carbocycles. The van der Waals surface area contributed by atoms with Gasteiger partial charge in [-0.3, -0.25) is 9.59 Å². The van der Waals surface area contributed by atoms with Crippen LogP contribution < -0.4 is 5.32 Å². The number of ketones is 1. The first-order valence-electron chi connectivity index (χ1n) is 11.6. The number of aryl methyl sites for hydroxylation is 1. The van der Waals surface area contributed by atoms with Crippen LogP contribution in [0.2, 0.25) is 0 Å². The molecule has 6 nitrogen and oxygen atoms in total. The summed E-state index contributed by atoms with van der Waals surface area (Å²) in [5.41, 5.74) is 6.10. The summed E-state index contributed by atoms with van der Waals surface area (Å²) >= 11 is 0. The van der Waals surface area contributed by atoms with Crippen LogP contribution in [0.1, 0.15) is 41.6 Å². The van der Waals surface area contributed by atoms with Crippen molar-refractivity contribution < 1.29 is 19.1 Å². The van der Waals surface area contributed by atoms with Gasteiger partial charge in [0.15, 0.2) is 11.4 Å². The van der Waals surface area contributed by atoms with Gasteiger partial charge in [-0.05, 0) is 60.7 Å². The summed E-state index contributed by atoms with van der Waals surface area (Å²) in [5, 5.41) is 12.7. The Morgan fingerprint density at radius 2 is 1.56 bits per heavy atom. The van der Waals surface area contributed by atoms with Crippen molar-refractivity contribution >= 4 is 34.6 Å². The Kier molecular flexibility index (Phi) is 5.88. The molecule has 172 valence electrons. The number of aromatic nitrogens is 1. The molecule has 0 amide bonds. The number of fused-ring (bicyclic) bond motifs is 1. The molecular formula is C28H26N2O4. The standard InChI is InChI=1S/C28H26N2O4/c1-17-6-15-24-25(16-17)34-28(30-24)29-21-13-11-19(12-14-21)18-7-9-20(10-8-18)26(31)22-4-2-3-5-23(22)27(32)33/h6-16,22-23H,2-5H2,1H3,(H,29,30)(H,32,33)/t22-,23-/m1/s1. The lowest BCUT2D eigenvalue weighted by atomic mass is 9.75. The number of carbonyl (C=O) groups excluding carboxylic acids is 1. The third kappa shape index (κ3) is 4.44. The van der Waals surface area contributed by atoms with Crippen LogP contribution >= 0.6 is 0 Å².